The molecule has 13 nitrogen and oxygen atoms in total. The van der Waals surface area contributed by atoms with Crippen molar-refractivity contribution in [2.75, 3.05) is 26.0 Å². The summed E-state index contributed by atoms with van der Waals surface area (Å²) in [5.41, 5.74) is -0.915. The van der Waals surface area contributed by atoms with Crippen molar-refractivity contribution in [2.24, 2.45) is 17.8 Å². The monoisotopic (exact) mass is 630 g/mol. The summed E-state index contributed by atoms with van der Waals surface area (Å²) in [5, 5.41) is 4.77. The Morgan fingerprint density at radius 1 is 1.09 bits per heavy atom. The van der Waals surface area contributed by atoms with E-state index in [0.717, 1.165) is 12.8 Å². The number of benzene rings is 1. The number of nitrogens with one attached hydrogen (secondary N) is 3. The van der Waals surface area contributed by atoms with Crippen LogP contribution in [0, 0.1) is 17.8 Å². The van der Waals surface area contributed by atoms with Gasteiger partial charge in [0.15, 0.2) is 0 Å². The standard InChI is InChI=1S/C30H38N4O9S/c1-34-13-6-4-3-5-9-19-17-30(19,28(38)33-44(40,41)22-11-12-22)32-25(35)23-15-21(16-24(23)26(34)36)43-29(39)31-20-10-7-8-18(14-20)27(37)42-2/h5,7-10,14,19,21-24H,3-4,6,11-13,15-17H2,1-2H3,(H,31,39)(H,32,35)(H,33,38)/b9-5+. The van der Waals surface area contributed by atoms with E-state index in [4.69, 9.17) is 9.47 Å². The van der Waals surface area contributed by atoms with Gasteiger partial charge in [-0.05, 0) is 69.6 Å². The quantitative estimate of drug-likeness (QED) is 0.314. The summed E-state index contributed by atoms with van der Waals surface area (Å²) in [5.74, 6) is -4.30. The van der Waals surface area contributed by atoms with E-state index in [2.05, 4.69) is 15.4 Å². The van der Waals surface area contributed by atoms with E-state index in [9.17, 15) is 32.4 Å². The summed E-state index contributed by atoms with van der Waals surface area (Å²) in [6.07, 6.45) is 5.74. The highest BCUT2D eigenvalue weighted by molar-refractivity contribution is 7.91. The van der Waals surface area contributed by atoms with E-state index in [-0.39, 0.29) is 36.7 Å². The summed E-state index contributed by atoms with van der Waals surface area (Å²) >= 11 is 0. The molecule has 1 heterocycles. The summed E-state index contributed by atoms with van der Waals surface area (Å²) in [6.45, 7) is 0.495. The largest absolute Gasteiger partial charge is 0.465 e. The van der Waals surface area contributed by atoms with E-state index in [0.29, 0.717) is 31.5 Å². The van der Waals surface area contributed by atoms with Gasteiger partial charge in [-0.3, -0.25) is 24.4 Å². The predicted octanol–water partition coefficient (Wildman–Crippen LogP) is 2.10. The van der Waals surface area contributed by atoms with Crippen LogP contribution < -0.4 is 15.4 Å². The Kier molecular flexibility index (Phi) is 9.00. The molecule has 0 spiro atoms. The minimum atomic E-state index is -3.84. The zero-order chi connectivity index (χ0) is 31.6. The second-order valence-electron chi connectivity index (χ2n) is 12.0. The molecular formula is C30H38N4O9S. The van der Waals surface area contributed by atoms with Crippen LogP contribution in [0.5, 0.6) is 0 Å². The Bertz CT molecular complexity index is 1470. The molecule has 1 aliphatic heterocycles. The second kappa shape index (κ2) is 12.6. The first kappa shape index (κ1) is 31.5. The van der Waals surface area contributed by atoms with E-state index < -0.39 is 62.6 Å². The van der Waals surface area contributed by atoms with Crippen molar-refractivity contribution in [2.45, 2.75) is 68.3 Å². The first-order chi connectivity index (χ1) is 20.9. The number of methoxy groups -OCH3 is 1. The molecule has 0 aromatic heterocycles. The molecule has 14 heteroatoms. The number of ether oxygens (including phenoxy) is 2. The smallest absolute Gasteiger partial charge is 0.411 e. The molecule has 3 fully saturated rings. The fourth-order valence-electron chi connectivity index (χ4n) is 6.03. The van der Waals surface area contributed by atoms with Gasteiger partial charge >= 0.3 is 12.1 Å². The maximum absolute atomic E-state index is 13.8. The third-order valence-electron chi connectivity index (χ3n) is 8.80. The van der Waals surface area contributed by atoms with Gasteiger partial charge in [-0.1, -0.05) is 18.2 Å². The molecule has 44 heavy (non-hydrogen) atoms. The average molecular weight is 631 g/mol. The van der Waals surface area contributed by atoms with Crippen molar-refractivity contribution in [1.29, 1.82) is 0 Å². The Balaban J connectivity index is 1.33. The number of carbonyl (C=O) groups is 5. The van der Waals surface area contributed by atoms with Gasteiger partial charge in [0.25, 0.3) is 5.91 Å². The van der Waals surface area contributed by atoms with E-state index >= 15 is 0 Å². The number of rotatable bonds is 6. The van der Waals surface area contributed by atoms with Crippen LogP contribution in [0.4, 0.5) is 10.5 Å². The van der Waals surface area contributed by atoms with Crippen molar-refractivity contribution in [1.82, 2.24) is 14.9 Å². The molecule has 0 bridgehead atoms. The van der Waals surface area contributed by atoms with Crippen molar-refractivity contribution in [3.63, 3.8) is 0 Å². The molecule has 238 valence electrons. The van der Waals surface area contributed by atoms with E-state index in [1.165, 1.54) is 19.2 Å². The molecule has 4 aliphatic rings. The zero-order valence-corrected chi connectivity index (χ0v) is 25.6. The van der Waals surface area contributed by atoms with Crippen LogP contribution in [0.1, 0.15) is 61.7 Å². The van der Waals surface area contributed by atoms with Gasteiger partial charge in [0.1, 0.15) is 11.6 Å². The average Bonchev–Trinajstić information content (AvgIpc) is 3.91. The Hall–Kier alpha value is -3.94. The Morgan fingerprint density at radius 2 is 1.84 bits per heavy atom. The minimum Gasteiger partial charge on any atom is -0.465 e. The lowest BCUT2D eigenvalue weighted by Gasteiger charge is -2.26. The van der Waals surface area contributed by atoms with Crippen LogP contribution in [-0.2, 0) is 33.9 Å². The Morgan fingerprint density at radius 3 is 2.57 bits per heavy atom. The number of hydrogen-bond acceptors (Lipinski definition) is 9. The molecule has 5 atom stereocenters. The number of sulfonamides is 1. The van der Waals surface area contributed by atoms with Crippen LogP contribution in [0.15, 0.2) is 36.4 Å². The van der Waals surface area contributed by atoms with Crippen LogP contribution in [0.3, 0.4) is 0 Å². The van der Waals surface area contributed by atoms with Gasteiger partial charge in [0, 0.05) is 25.2 Å². The van der Waals surface area contributed by atoms with Crippen LogP contribution in [0.25, 0.3) is 0 Å². The molecule has 1 aromatic rings. The van der Waals surface area contributed by atoms with Crippen LogP contribution in [-0.4, -0.2) is 80.7 Å². The van der Waals surface area contributed by atoms with Gasteiger partial charge < -0.3 is 19.7 Å². The number of amides is 4. The van der Waals surface area contributed by atoms with Crippen LogP contribution >= 0.6 is 0 Å². The van der Waals surface area contributed by atoms with Crippen molar-refractivity contribution < 1.29 is 41.9 Å². The third-order valence-corrected chi connectivity index (χ3v) is 10.6. The van der Waals surface area contributed by atoms with E-state index in [1.807, 2.05) is 12.2 Å². The van der Waals surface area contributed by atoms with Gasteiger partial charge in [-0.25, -0.2) is 18.0 Å². The topological polar surface area (TPSA) is 177 Å². The summed E-state index contributed by atoms with van der Waals surface area (Å²) in [7, 11) is -0.926. The van der Waals surface area contributed by atoms with Gasteiger partial charge in [-0.15, -0.1) is 0 Å². The molecule has 5 rings (SSSR count). The number of esters is 1. The first-order valence-corrected chi connectivity index (χ1v) is 16.4. The highest BCUT2D eigenvalue weighted by Gasteiger charge is 2.62. The fraction of sp³-hybridized carbons (Fsp3) is 0.567. The van der Waals surface area contributed by atoms with Crippen molar-refractivity contribution in [3.8, 4) is 0 Å². The molecule has 3 aliphatic carbocycles. The number of hydrogen-bond donors (Lipinski definition) is 3. The highest BCUT2D eigenvalue weighted by atomic mass is 32.2. The highest BCUT2D eigenvalue weighted by Crippen LogP contribution is 2.47. The molecule has 0 saturated heterocycles. The summed E-state index contributed by atoms with van der Waals surface area (Å²) in [4.78, 5) is 66.9. The van der Waals surface area contributed by atoms with Gasteiger partial charge in [0.05, 0.1) is 29.8 Å². The lowest BCUT2D eigenvalue weighted by molar-refractivity contribution is -0.140. The number of anilines is 1. The normalized spacial score (nSPS) is 29.6. The lowest BCUT2D eigenvalue weighted by atomic mass is 9.93. The van der Waals surface area contributed by atoms with Crippen LogP contribution in [0.2, 0.25) is 0 Å². The molecule has 0 radical (unpaired) electrons. The second-order valence-corrected chi connectivity index (χ2v) is 14.0. The number of nitrogens with zero attached hydrogens (tertiary/aromatic N) is 1. The molecule has 1 aromatic carbocycles. The fourth-order valence-corrected chi connectivity index (χ4v) is 7.40. The summed E-state index contributed by atoms with van der Waals surface area (Å²) in [6, 6.07) is 6.10. The first-order valence-electron chi connectivity index (χ1n) is 14.9. The number of fused-ring (bicyclic) bond motifs is 2. The number of allylic oxidation sites excluding steroid dienone is 1. The molecule has 3 N–H and O–H groups in total. The maximum atomic E-state index is 13.8. The minimum absolute atomic E-state index is 0.0320. The van der Waals surface area contributed by atoms with Crippen molar-refractivity contribution in [3.05, 3.63) is 42.0 Å². The summed E-state index contributed by atoms with van der Waals surface area (Å²) < 4.78 is 37.6. The van der Waals surface area contributed by atoms with Gasteiger partial charge in [0.2, 0.25) is 21.8 Å². The van der Waals surface area contributed by atoms with E-state index in [1.54, 1.807) is 24.1 Å². The molecular weight excluding hydrogens is 592 g/mol. The molecule has 4 amide bonds. The lowest BCUT2D eigenvalue weighted by Crippen LogP contribution is -2.54. The van der Waals surface area contributed by atoms with Gasteiger partial charge in [-0.2, -0.15) is 0 Å². The SMILES string of the molecule is COC(=O)c1cccc(NC(=O)OC2CC3C(=O)NC4(C(=O)NS(=O)(=O)C5CC5)CC4/C=C/CCCCN(C)C(=O)C3C2)c1. The third kappa shape index (κ3) is 6.90. The van der Waals surface area contributed by atoms with Crippen molar-refractivity contribution >= 4 is 45.5 Å². The zero-order valence-electron chi connectivity index (χ0n) is 24.7. The Labute approximate surface area is 256 Å². The predicted molar refractivity (Wildman–Crippen MR) is 158 cm³/mol. The molecule has 3 saturated carbocycles. The molecule has 5 unspecified atom stereocenters. The maximum Gasteiger partial charge on any atom is 0.411 e. The number of carbonyl (C=O) groups excluding carboxylic acids is 5.